The fourth-order valence-electron chi connectivity index (χ4n) is 5.74. The average Bonchev–Trinajstić information content (AvgIpc) is 3.03. The molecule has 2 amide bonds. The smallest absolute Gasteiger partial charge is 0.255 e. The van der Waals surface area contributed by atoms with Crippen LogP contribution in [0.5, 0.6) is 0 Å². The molecule has 2 aliphatic rings. The van der Waals surface area contributed by atoms with Gasteiger partial charge >= 0.3 is 0 Å². The van der Waals surface area contributed by atoms with Crippen molar-refractivity contribution in [2.24, 2.45) is 17.8 Å². The Bertz CT molecular complexity index is 1350. The van der Waals surface area contributed by atoms with Crippen LogP contribution in [-0.2, 0) is 14.6 Å². The normalized spacial score (nSPS) is 27.1. The van der Waals surface area contributed by atoms with Crippen LogP contribution >= 0.6 is 11.6 Å². The van der Waals surface area contributed by atoms with Gasteiger partial charge in [-0.25, -0.2) is 21.6 Å². The van der Waals surface area contributed by atoms with E-state index in [1.807, 2.05) is 6.92 Å². The highest BCUT2D eigenvalue weighted by Gasteiger charge is 2.56. The van der Waals surface area contributed by atoms with Gasteiger partial charge in [-0.15, -0.1) is 0 Å². The molecule has 0 radical (unpaired) electrons. The topological polar surface area (TPSA) is 113 Å². The van der Waals surface area contributed by atoms with Crippen molar-refractivity contribution in [3.05, 3.63) is 58.4 Å². The summed E-state index contributed by atoms with van der Waals surface area (Å²) in [5, 5.41) is 15.0. The van der Waals surface area contributed by atoms with Gasteiger partial charge in [0.15, 0.2) is 27.3 Å². The van der Waals surface area contributed by atoms with Crippen LogP contribution in [0.1, 0.15) is 43.5 Å². The summed E-state index contributed by atoms with van der Waals surface area (Å²) in [6.07, 6.45) is 0.919. The van der Waals surface area contributed by atoms with Crippen LogP contribution in [0, 0.1) is 35.2 Å². The molecule has 0 aliphatic heterocycles. The summed E-state index contributed by atoms with van der Waals surface area (Å²) in [7, 11) is -4.07. The molecule has 2 aromatic carbocycles. The third-order valence-corrected chi connectivity index (χ3v) is 10.2. The van der Waals surface area contributed by atoms with Crippen LogP contribution in [0.4, 0.5) is 18.9 Å². The maximum absolute atomic E-state index is 13.8. The molecule has 4 rings (SSSR count). The van der Waals surface area contributed by atoms with Crippen molar-refractivity contribution in [2.75, 3.05) is 11.9 Å². The Balaban J connectivity index is 1.61. The molecular formula is C25H26ClF3N2O5S. The van der Waals surface area contributed by atoms with Crippen LogP contribution in [0.3, 0.4) is 0 Å². The molecule has 37 heavy (non-hydrogen) atoms. The second-order valence-corrected chi connectivity index (χ2v) is 12.5. The molecule has 5 atom stereocenters. The van der Waals surface area contributed by atoms with Crippen LogP contribution in [0.2, 0.25) is 5.02 Å². The number of carbonyl (C=O) groups is 2. The van der Waals surface area contributed by atoms with E-state index in [0.29, 0.717) is 18.6 Å². The van der Waals surface area contributed by atoms with Gasteiger partial charge in [0, 0.05) is 36.9 Å². The molecule has 200 valence electrons. The maximum atomic E-state index is 13.8. The summed E-state index contributed by atoms with van der Waals surface area (Å²) in [6, 6.07) is 4.82. The number of nitrogens with one attached hydrogen (secondary N) is 2. The van der Waals surface area contributed by atoms with E-state index in [1.165, 1.54) is 19.1 Å². The maximum Gasteiger partial charge on any atom is 0.255 e. The largest absolute Gasteiger partial charge is 0.388 e. The molecule has 0 saturated heterocycles. The molecule has 0 spiro atoms. The van der Waals surface area contributed by atoms with Crippen LogP contribution in [-0.4, -0.2) is 42.7 Å². The Kier molecular flexibility index (Phi) is 7.35. The zero-order valence-corrected chi connectivity index (χ0v) is 21.6. The number of aliphatic hydroxyl groups is 1. The predicted molar refractivity (Wildman–Crippen MR) is 130 cm³/mol. The first-order chi connectivity index (χ1) is 17.2. The zero-order chi connectivity index (χ0) is 27.3. The minimum Gasteiger partial charge on any atom is -0.388 e. The number of hydrogen-bond acceptors (Lipinski definition) is 5. The number of hydrogen-bond donors (Lipinski definition) is 3. The average molecular weight is 559 g/mol. The highest BCUT2D eigenvalue weighted by atomic mass is 35.5. The van der Waals surface area contributed by atoms with Gasteiger partial charge < -0.3 is 15.7 Å². The molecular weight excluding hydrogens is 533 g/mol. The second kappa shape index (κ2) is 9.92. The molecule has 2 bridgehead atoms. The Labute approximate surface area is 217 Å². The number of benzene rings is 2. The van der Waals surface area contributed by atoms with E-state index in [9.17, 15) is 36.3 Å². The molecule has 0 heterocycles. The van der Waals surface area contributed by atoms with E-state index in [0.717, 1.165) is 6.07 Å². The molecule has 2 fully saturated rings. The fraction of sp³-hybridized carbons (Fsp3) is 0.440. The number of carbonyl (C=O) groups excluding carboxylic acids is 2. The molecule has 3 N–H and O–H groups in total. The van der Waals surface area contributed by atoms with Gasteiger partial charge in [-0.2, -0.15) is 0 Å². The summed E-state index contributed by atoms with van der Waals surface area (Å²) in [4.78, 5) is 23.8. The molecule has 0 aromatic heterocycles. The van der Waals surface area contributed by atoms with Crippen molar-refractivity contribution >= 4 is 38.9 Å². The SMILES string of the molecule is CC(=O)NC[C@]1(O)CC2C[C@H](C)C(C1)[C@@H]2S(=O)(=O)c1cc(C(=O)Nc2cc(F)c(F)c(F)c2)ccc1Cl. The highest BCUT2D eigenvalue weighted by Crippen LogP contribution is 2.53. The lowest BCUT2D eigenvalue weighted by atomic mass is 9.76. The monoisotopic (exact) mass is 558 g/mol. The van der Waals surface area contributed by atoms with E-state index < -0.39 is 55.9 Å². The minimum atomic E-state index is -4.07. The summed E-state index contributed by atoms with van der Waals surface area (Å²) in [5.41, 5.74) is -1.71. The van der Waals surface area contributed by atoms with Crippen molar-refractivity contribution in [3.63, 3.8) is 0 Å². The van der Waals surface area contributed by atoms with Crippen LogP contribution < -0.4 is 10.6 Å². The molecule has 7 nitrogen and oxygen atoms in total. The number of rotatable bonds is 6. The summed E-state index contributed by atoms with van der Waals surface area (Å²) in [6.45, 7) is 3.28. The number of anilines is 1. The van der Waals surface area contributed by atoms with Gasteiger partial charge in [-0.1, -0.05) is 18.5 Å². The Hall–Kier alpha value is -2.63. The Morgan fingerprint density at radius 1 is 1.14 bits per heavy atom. The summed E-state index contributed by atoms with van der Waals surface area (Å²) >= 11 is 6.27. The first-order valence-corrected chi connectivity index (χ1v) is 13.6. The van der Waals surface area contributed by atoms with E-state index in [1.54, 1.807) is 0 Å². The Morgan fingerprint density at radius 2 is 1.78 bits per heavy atom. The van der Waals surface area contributed by atoms with Crippen molar-refractivity contribution in [1.82, 2.24) is 5.32 Å². The number of sulfone groups is 1. The van der Waals surface area contributed by atoms with Gasteiger partial charge in [-0.3, -0.25) is 9.59 Å². The van der Waals surface area contributed by atoms with Crippen molar-refractivity contribution in [3.8, 4) is 0 Å². The van der Waals surface area contributed by atoms with Gasteiger partial charge in [-0.05, 0) is 55.2 Å². The van der Waals surface area contributed by atoms with Gasteiger partial charge in [0.2, 0.25) is 5.91 Å². The third-order valence-electron chi connectivity index (χ3n) is 7.32. The predicted octanol–water partition coefficient (Wildman–Crippen LogP) is 4.09. The third kappa shape index (κ3) is 5.35. The van der Waals surface area contributed by atoms with E-state index in [4.69, 9.17) is 11.6 Å². The number of halogens is 4. The summed E-state index contributed by atoms with van der Waals surface area (Å²) < 4.78 is 68.0. The van der Waals surface area contributed by atoms with E-state index >= 15 is 0 Å². The zero-order valence-electron chi connectivity index (χ0n) is 20.0. The molecule has 2 aliphatic carbocycles. The van der Waals surface area contributed by atoms with E-state index in [-0.39, 0.29) is 52.4 Å². The van der Waals surface area contributed by atoms with Crippen molar-refractivity contribution < 1.29 is 36.3 Å². The van der Waals surface area contributed by atoms with E-state index in [2.05, 4.69) is 10.6 Å². The highest BCUT2D eigenvalue weighted by molar-refractivity contribution is 7.92. The van der Waals surface area contributed by atoms with Crippen LogP contribution in [0.25, 0.3) is 0 Å². The number of amides is 2. The quantitative estimate of drug-likeness (QED) is 0.462. The lowest BCUT2D eigenvalue weighted by Crippen LogP contribution is -2.52. The van der Waals surface area contributed by atoms with Crippen molar-refractivity contribution in [2.45, 2.75) is 48.9 Å². The molecule has 2 saturated carbocycles. The molecule has 12 heteroatoms. The van der Waals surface area contributed by atoms with Gasteiger partial charge in [0.05, 0.1) is 20.8 Å². The molecule has 2 aromatic rings. The first-order valence-electron chi connectivity index (χ1n) is 11.7. The second-order valence-electron chi connectivity index (χ2n) is 10.0. The fourth-order valence-corrected chi connectivity index (χ4v) is 8.65. The first kappa shape index (κ1) is 27.4. The standard InChI is InChI=1S/C25H26ClF3N2O5S/c1-12-5-15-9-25(34,11-30-13(2)32)10-17(12)23(15)37(35,36)21-6-14(3-4-18(21)26)24(33)31-16-7-19(27)22(29)20(28)8-16/h3-4,6-8,12,15,17,23,34H,5,9-11H2,1-2H3,(H,30,32)(H,31,33)/t12-,15?,17?,23+,25-/m0/s1. The van der Waals surface area contributed by atoms with Gasteiger partial charge in [0.25, 0.3) is 5.91 Å². The number of fused-ring (bicyclic) bond motifs is 2. The minimum absolute atomic E-state index is 0.00958. The van der Waals surface area contributed by atoms with Gasteiger partial charge in [0.1, 0.15) is 0 Å². The summed E-state index contributed by atoms with van der Waals surface area (Å²) in [5.74, 6) is -6.63. The van der Waals surface area contributed by atoms with Crippen LogP contribution in [0.15, 0.2) is 35.2 Å². The molecule has 2 unspecified atom stereocenters. The van der Waals surface area contributed by atoms with Crippen molar-refractivity contribution in [1.29, 1.82) is 0 Å². The Morgan fingerprint density at radius 3 is 2.38 bits per heavy atom. The lowest BCUT2D eigenvalue weighted by Gasteiger charge is -2.41. The lowest BCUT2D eigenvalue weighted by molar-refractivity contribution is -0.121.